The molecule has 0 N–H and O–H groups in total. The summed E-state index contributed by atoms with van der Waals surface area (Å²) in [5.41, 5.74) is 0. The van der Waals surface area contributed by atoms with E-state index in [0.717, 1.165) is 0 Å². The second kappa shape index (κ2) is 3.11. The fourth-order valence-electron chi connectivity index (χ4n) is 2.16. The lowest BCUT2D eigenvalue weighted by atomic mass is 9.86. The van der Waals surface area contributed by atoms with Crippen molar-refractivity contribution in [2.45, 2.75) is 39.8 Å². The number of rotatable bonds is 1. The standard InChI is InChI=1S/C9H19NO/c1-6(2)9-7(3)10(5)11-8(9)4/h6-9H,1-5H3. The van der Waals surface area contributed by atoms with Gasteiger partial charge in [-0.1, -0.05) is 13.8 Å². The quantitative estimate of drug-likeness (QED) is 0.576. The number of hydrogen-bond donors (Lipinski definition) is 0. The molecule has 11 heavy (non-hydrogen) atoms. The van der Waals surface area contributed by atoms with E-state index in [1.807, 2.05) is 12.1 Å². The Bertz CT molecular complexity index is 136. The van der Waals surface area contributed by atoms with E-state index < -0.39 is 0 Å². The Morgan fingerprint density at radius 3 is 2.00 bits per heavy atom. The third kappa shape index (κ3) is 1.57. The lowest BCUT2D eigenvalue weighted by Crippen LogP contribution is -2.29. The first-order valence-electron chi connectivity index (χ1n) is 4.43. The van der Waals surface area contributed by atoms with Crippen LogP contribution in [0.25, 0.3) is 0 Å². The molecule has 1 aliphatic rings. The minimum Gasteiger partial charge on any atom is -0.296 e. The van der Waals surface area contributed by atoms with Gasteiger partial charge in [0.25, 0.3) is 0 Å². The summed E-state index contributed by atoms with van der Waals surface area (Å²) in [6.45, 7) is 8.92. The van der Waals surface area contributed by atoms with Crippen LogP contribution >= 0.6 is 0 Å². The zero-order chi connectivity index (χ0) is 8.59. The molecule has 2 heteroatoms. The molecular formula is C9H19NO. The minimum atomic E-state index is 0.384. The SMILES string of the molecule is CC(C)C1C(C)ON(C)C1C. The molecule has 3 unspecified atom stereocenters. The summed E-state index contributed by atoms with van der Waals surface area (Å²) >= 11 is 0. The maximum Gasteiger partial charge on any atom is 0.0811 e. The topological polar surface area (TPSA) is 12.5 Å². The Morgan fingerprint density at radius 1 is 1.27 bits per heavy atom. The van der Waals surface area contributed by atoms with E-state index in [-0.39, 0.29) is 0 Å². The average molecular weight is 157 g/mol. The average Bonchev–Trinajstić information content (AvgIpc) is 2.07. The van der Waals surface area contributed by atoms with E-state index in [1.165, 1.54) is 0 Å². The predicted octanol–water partition coefficient (Wildman–Crippen LogP) is 1.91. The molecule has 0 aromatic carbocycles. The molecule has 1 aliphatic heterocycles. The van der Waals surface area contributed by atoms with Gasteiger partial charge < -0.3 is 0 Å². The van der Waals surface area contributed by atoms with Crippen LogP contribution in [0.4, 0.5) is 0 Å². The highest BCUT2D eigenvalue weighted by Crippen LogP contribution is 2.31. The van der Waals surface area contributed by atoms with Crippen LogP contribution in [0, 0.1) is 11.8 Å². The van der Waals surface area contributed by atoms with Crippen molar-refractivity contribution >= 4 is 0 Å². The van der Waals surface area contributed by atoms with Gasteiger partial charge in [0.15, 0.2) is 0 Å². The summed E-state index contributed by atoms with van der Waals surface area (Å²) in [4.78, 5) is 5.58. The van der Waals surface area contributed by atoms with Gasteiger partial charge in [-0.25, -0.2) is 0 Å². The molecule has 0 amide bonds. The molecule has 66 valence electrons. The molecule has 0 spiro atoms. The van der Waals surface area contributed by atoms with Gasteiger partial charge in [0.05, 0.1) is 6.10 Å². The normalized spacial score (nSPS) is 40.4. The first kappa shape index (κ1) is 9.01. The zero-order valence-corrected chi connectivity index (χ0v) is 8.16. The molecule has 0 aromatic heterocycles. The third-order valence-electron chi connectivity index (χ3n) is 2.77. The van der Waals surface area contributed by atoms with Gasteiger partial charge in [-0.3, -0.25) is 4.84 Å². The number of nitrogens with zero attached hydrogens (tertiary/aromatic N) is 1. The predicted molar refractivity (Wildman–Crippen MR) is 46.1 cm³/mol. The van der Waals surface area contributed by atoms with Crippen LogP contribution in [-0.4, -0.2) is 24.3 Å². The molecule has 2 nitrogen and oxygen atoms in total. The summed E-state index contributed by atoms with van der Waals surface area (Å²) in [6.07, 6.45) is 0.384. The maximum atomic E-state index is 5.58. The highest BCUT2D eigenvalue weighted by atomic mass is 16.7. The van der Waals surface area contributed by atoms with Crippen molar-refractivity contribution < 1.29 is 4.84 Å². The highest BCUT2D eigenvalue weighted by molar-refractivity contribution is 4.82. The second-order valence-electron chi connectivity index (χ2n) is 3.92. The summed E-state index contributed by atoms with van der Waals surface area (Å²) in [6, 6.07) is 0.560. The molecule has 0 radical (unpaired) electrons. The zero-order valence-electron chi connectivity index (χ0n) is 8.16. The largest absolute Gasteiger partial charge is 0.296 e. The van der Waals surface area contributed by atoms with E-state index in [1.54, 1.807) is 0 Å². The fraction of sp³-hybridized carbons (Fsp3) is 1.00. The Hall–Kier alpha value is -0.0800. The first-order chi connectivity index (χ1) is 5.04. The van der Waals surface area contributed by atoms with Crippen LogP contribution < -0.4 is 0 Å². The van der Waals surface area contributed by atoms with Crippen LogP contribution in [0.3, 0.4) is 0 Å². The van der Waals surface area contributed by atoms with Gasteiger partial charge in [-0.05, 0) is 19.8 Å². The highest BCUT2D eigenvalue weighted by Gasteiger charge is 2.37. The van der Waals surface area contributed by atoms with Crippen molar-refractivity contribution in [1.29, 1.82) is 0 Å². The smallest absolute Gasteiger partial charge is 0.0811 e. The van der Waals surface area contributed by atoms with Crippen LogP contribution in [0.2, 0.25) is 0 Å². The molecule has 0 aromatic rings. The van der Waals surface area contributed by atoms with Crippen molar-refractivity contribution in [3.05, 3.63) is 0 Å². The lowest BCUT2D eigenvalue weighted by Gasteiger charge is -2.21. The molecule has 0 saturated carbocycles. The third-order valence-corrected chi connectivity index (χ3v) is 2.77. The summed E-state index contributed by atoms with van der Waals surface area (Å²) in [5, 5.41) is 1.98. The lowest BCUT2D eigenvalue weighted by molar-refractivity contribution is -0.136. The van der Waals surface area contributed by atoms with E-state index in [0.29, 0.717) is 24.0 Å². The van der Waals surface area contributed by atoms with E-state index in [2.05, 4.69) is 27.7 Å². The monoisotopic (exact) mass is 157 g/mol. The Balaban J connectivity index is 2.63. The van der Waals surface area contributed by atoms with Crippen molar-refractivity contribution in [3.63, 3.8) is 0 Å². The Morgan fingerprint density at radius 2 is 1.82 bits per heavy atom. The molecule has 1 saturated heterocycles. The van der Waals surface area contributed by atoms with Crippen LogP contribution in [-0.2, 0) is 4.84 Å². The summed E-state index contributed by atoms with van der Waals surface area (Å²) < 4.78 is 0. The van der Waals surface area contributed by atoms with Gasteiger partial charge in [0.2, 0.25) is 0 Å². The van der Waals surface area contributed by atoms with Gasteiger partial charge in [0.1, 0.15) is 0 Å². The van der Waals surface area contributed by atoms with Crippen LogP contribution in [0.5, 0.6) is 0 Å². The molecular weight excluding hydrogens is 138 g/mol. The molecule has 0 aliphatic carbocycles. The van der Waals surface area contributed by atoms with Crippen LogP contribution in [0.15, 0.2) is 0 Å². The second-order valence-corrected chi connectivity index (χ2v) is 3.92. The van der Waals surface area contributed by atoms with Gasteiger partial charge >= 0.3 is 0 Å². The van der Waals surface area contributed by atoms with Crippen molar-refractivity contribution in [2.75, 3.05) is 7.05 Å². The van der Waals surface area contributed by atoms with E-state index >= 15 is 0 Å². The van der Waals surface area contributed by atoms with Crippen molar-refractivity contribution in [1.82, 2.24) is 5.06 Å². The maximum absolute atomic E-state index is 5.58. The van der Waals surface area contributed by atoms with Crippen molar-refractivity contribution in [2.24, 2.45) is 11.8 Å². The molecule has 1 fully saturated rings. The van der Waals surface area contributed by atoms with E-state index in [4.69, 9.17) is 4.84 Å². The number of hydroxylamine groups is 2. The summed E-state index contributed by atoms with van der Waals surface area (Å²) in [7, 11) is 2.02. The first-order valence-corrected chi connectivity index (χ1v) is 4.43. The van der Waals surface area contributed by atoms with E-state index in [9.17, 15) is 0 Å². The summed E-state index contributed by atoms with van der Waals surface area (Å²) in [5.74, 6) is 1.39. The molecule has 0 bridgehead atoms. The van der Waals surface area contributed by atoms with Crippen LogP contribution in [0.1, 0.15) is 27.7 Å². The van der Waals surface area contributed by atoms with Gasteiger partial charge in [-0.15, -0.1) is 0 Å². The Labute approximate surface area is 69.5 Å². The minimum absolute atomic E-state index is 0.384. The van der Waals surface area contributed by atoms with Gasteiger partial charge in [-0.2, -0.15) is 5.06 Å². The molecule has 1 heterocycles. The fourth-order valence-corrected chi connectivity index (χ4v) is 2.16. The Kier molecular flexibility index (Phi) is 2.55. The number of hydrogen-bond acceptors (Lipinski definition) is 2. The van der Waals surface area contributed by atoms with Gasteiger partial charge in [0, 0.05) is 19.0 Å². The molecule has 1 rings (SSSR count). The molecule has 3 atom stereocenters. The van der Waals surface area contributed by atoms with Crippen molar-refractivity contribution in [3.8, 4) is 0 Å².